The minimum Gasteiger partial charge on any atom is -0.349 e. The molecule has 1 fully saturated rings. The van der Waals surface area contributed by atoms with E-state index in [0.717, 1.165) is 31.7 Å². The van der Waals surface area contributed by atoms with Crippen LogP contribution in [0.2, 0.25) is 0 Å². The highest BCUT2D eigenvalue weighted by molar-refractivity contribution is 7.92. The zero-order chi connectivity index (χ0) is 24.8. The van der Waals surface area contributed by atoms with Crippen LogP contribution in [-0.4, -0.2) is 26.8 Å². The monoisotopic (exact) mass is 486 g/mol. The minimum absolute atomic E-state index is 0.0849. The molecular weight excluding hydrogens is 460 g/mol. The molecule has 0 bridgehead atoms. The number of hydrogen-bond donors (Lipinski definition) is 2. The van der Waals surface area contributed by atoms with E-state index in [9.17, 15) is 30.8 Å². The molecule has 0 spiro atoms. The van der Waals surface area contributed by atoms with Crippen molar-refractivity contribution < 1.29 is 30.8 Å². The molecule has 0 radical (unpaired) electrons. The maximum atomic E-state index is 14.2. The van der Waals surface area contributed by atoms with Gasteiger partial charge in [0, 0.05) is 5.92 Å². The summed E-state index contributed by atoms with van der Waals surface area (Å²) in [4.78, 5) is 12.6. The van der Waals surface area contributed by atoms with Crippen molar-refractivity contribution in [1.82, 2.24) is 5.32 Å². The number of alkyl halides is 3. The normalized spacial score (nSPS) is 19.6. The Hall–Kier alpha value is -2.62. The van der Waals surface area contributed by atoms with E-state index in [2.05, 4.69) is 10.0 Å². The standard InChI is InChI=1S/C23H26F4N2O3S/c1-13(15-7-10-20(19(24)11-15)29-33(4,31)32)28-21(30)18-12-17(18)14-5-8-16(9-6-14)22(2,3)23(25,26)27/h5-11,13,17-18,29H,12H2,1-4H3,(H,28,30)/t13-,17?,18?/m1/s1. The Morgan fingerprint density at radius 2 is 1.70 bits per heavy atom. The fourth-order valence-electron chi connectivity index (χ4n) is 3.65. The fraction of sp³-hybridized carbons (Fsp3) is 0.435. The predicted octanol–water partition coefficient (Wildman–Crippen LogP) is 5.02. The molecule has 10 heteroatoms. The Kier molecular flexibility index (Phi) is 6.54. The van der Waals surface area contributed by atoms with Crippen LogP contribution < -0.4 is 10.0 Å². The summed E-state index contributed by atoms with van der Waals surface area (Å²) in [6.45, 7) is 3.94. The van der Waals surface area contributed by atoms with E-state index in [0.29, 0.717) is 12.0 Å². The Morgan fingerprint density at radius 3 is 2.21 bits per heavy atom. The number of benzene rings is 2. The summed E-state index contributed by atoms with van der Waals surface area (Å²) in [6.07, 6.45) is -2.88. The summed E-state index contributed by atoms with van der Waals surface area (Å²) in [7, 11) is -3.62. The second-order valence-corrected chi connectivity index (χ2v) is 10.8. The van der Waals surface area contributed by atoms with Gasteiger partial charge in [-0.15, -0.1) is 0 Å². The molecular formula is C23H26F4N2O3S. The van der Waals surface area contributed by atoms with Gasteiger partial charge in [-0.2, -0.15) is 13.2 Å². The molecule has 0 aliphatic heterocycles. The summed E-state index contributed by atoms with van der Waals surface area (Å²) in [5.74, 6) is -1.39. The van der Waals surface area contributed by atoms with E-state index in [1.54, 1.807) is 19.1 Å². The third-order valence-electron chi connectivity index (χ3n) is 6.04. The van der Waals surface area contributed by atoms with Crippen molar-refractivity contribution in [1.29, 1.82) is 0 Å². The lowest BCUT2D eigenvalue weighted by atomic mass is 9.83. The summed E-state index contributed by atoms with van der Waals surface area (Å²) in [6, 6.07) is 9.62. The van der Waals surface area contributed by atoms with Gasteiger partial charge in [-0.05, 0) is 61.9 Å². The Morgan fingerprint density at radius 1 is 1.09 bits per heavy atom. The molecule has 1 aliphatic rings. The van der Waals surface area contributed by atoms with Crippen LogP contribution in [0.3, 0.4) is 0 Å². The van der Waals surface area contributed by atoms with Gasteiger partial charge in [0.05, 0.1) is 23.4 Å². The van der Waals surface area contributed by atoms with E-state index < -0.39 is 33.5 Å². The minimum atomic E-state index is -4.37. The number of carbonyl (C=O) groups excluding carboxylic acids is 1. The van der Waals surface area contributed by atoms with Crippen molar-refractivity contribution in [2.75, 3.05) is 11.0 Å². The van der Waals surface area contributed by atoms with E-state index in [1.165, 1.54) is 24.3 Å². The molecule has 2 aromatic carbocycles. The third kappa shape index (κ3) is 5.66. The van der Waals surface area contributed by atoms with Crippen LogP contribution in [0.5, 0.6) is 0 Å². The van der Waals surface area contributed by atoms with Gasteiger partial charge in [-0.3, -0.25) is 9.52 Å². The molecule has 1 amide bonds. The highest BCUT2D eigenvalue weighted by Gasteiger charge is 2.49. The number of nitrogens with one attached hydrogen (secondary N) is 2. The molecule has 3 rings (SSSR count). The van der Waals surface area contributed by atoms with E-state index in [4.69, 9.17) is 0 Å². The molecule has 5 nitrogen and oxygen atoms in total. The lowest BCUT2D eigenvalue weighted by molar-refractivity contribution is -0.180. The fourth-order valence-corrected chi connectivity index (χ4v) is 4.22. The van der Waals surface area contributed by atoms with Gasteiger partial charge in [0.1, 0.15) is 5.82 Å². The third-order valence-corrected chi connectivity index (χ3v) is 6.63. The van der Waals surface area contributed by atoms with Gasteiger partial charge in [-0.25, -0.2) is 12.8 Å². The van der Waals surface area contributed by atoms with Crippen molar-refractivity contribution in [3.63, 3.8) is 0 Å². The van der Waals surface area contributed by atoms with Gasteiger partial charge in [-0.1, -0.05) is 30.3 Å². The summed E-state index contributed by atoms with van der Waals surface area (Å²) >= 11 is 0. The molecule has 180 valence electrons. The Labute approximate surface area is 190 Å². The van der Waals surface area contributed by atoms with Gasteiger partial charge in [0.2, 0.25) is 15.9 Å². The molecule has 1 saturated carbocycles. The maximum Gasteiger partial charge on any atom is 0.397 e. The molecule has 33 heavy (non-hydrogen) atoms. The van der Waals surface area contributed by atoms with Crippen LogP contribution in [0.25, 0.3) is 0 Å². The first-order valence-corrected chi connectivity index (χ1v) is 12.2. The first kappa shape index (κ1) is 25.0. The van der Waals surface area contributed by atoms with Crippen molar-refractivity contribution in [3.8, 4) is 0 Å². The van der Waals surface area contributed by atoms with Crippen molar-refractivity contribution in [2.45, 2.75) is 50.7 Å². The lowest BCUT2D eigenvalue weighted by Crippen LogP contribution is -2.36. The number of carbonyl (C=O) groups is 1. The molecule has 0 saturated heterocycles. The number of amides is 1. The van der Waals surface area contributed by atoms with E-state index >= 15 is 0 Å². The second kappa shape index (κ2) is 8.62. The van der Waals surface area contributed by atoms with Gasteiger partial charge < -0.3 is 5.32 Å². The molecule has 1 aliphatic carbocycles. The average molecular weight is 487 g/mol. The van der Waals surface area contributed by atoms with Crippen LogP contribution in [0.15, 0.2) is 42.5 Å². The van der Waals surface area contributed by atoms with Gasteiger partial charge in [0.25, 0.3) is 0 Å². The summed E-state index contributed by atoms with van der Waals surface area (Å²) < 4.78 is 78.5. The number of halogens is 4. The first-order valence-electron chi connectivity index (χ1n) is 10.3. The Bertz CT molecular complexity index is 1150. The van der Waals surface area contributed by atoms with Crippen LogP contribution >= 0.6 is 0 Å². The van der Waals surface area contributed by atoms with Crippen molar-refractivity contribution in [3.05, 3.63) is 65.0 Å². The summed E-state index contributed by atoms with van der Waals surface area (Å²) in [5.41, 5.74) is -0.727. The molecule has 2 aromatic rings. The van der Waals surface area contributed by atoms with Crippen LogP contribution in [-0.2, 0) is 20.2 Å². The molecule has 0 heterocycles. The first-order chi connectivity index (χ1) is 15.1. The molecule has 2 unspecified atom stereocenters. The lowest BCUT2D eigenvalue weighted by Gasteiger charge is -2.28. The van der Waals surface area contributed by atoms with Crippen molar-refractivity contribution >= 4 is 21.6 Å². The zero-order valence-electron chi connectivity index (χ0n) is 18.6. The highest BCUT2D eigenvalue weighted by atomic mass is 32.2. The van der Waals surface area contributed by atoms with Crippen molar-refractivity contribution in [2.24, 2.45) is 5.92 Å². The topological polar surface area (TPSA) is 75.3 Å². The molecule has 2 N–H and O–H groups in total. The zero-order valence-corrected chi connectivity index (χ0v) is 19.4. The quantitative estimate of drug-likeness (QED) is 0.540. The second-order valence-electron chi connectivity index (χ2n) is 9.04. The van der Waals surface area contributed by atoms with E-state index in [1.807, 2.05) is 0 Å². The average Bonchev–Trinajstić information content (AvgIpc) is 3.49. The number of sulfonamides is 1. The molecule has 3 atom stereocenters. The summed E-state index contributed by atoms with van der Waals surface area (Å²) in [5, 5.41) is 2.82. The highest BCUT2D eigenvalue weighted by Crippen LogP contribution is 2.48. The van der Waals surface area contributed by atoms with Crippen LogP contribution in [0, 0.1) is 11.7 Å². The SMILES string of the molecule is C[C@@H](NC(=O)C1CC1c1ccc(C(C)(C)C(F)(F)F)cc1)c1ccc(NS(C)(=O)=O)c(F)c1. The van der Waals surface area contributed by atoms with Crippen LogP contribution in [0.4, 0.5) is 23.2 Å². The molecule has 0 aromatic heterocycles. The smallest absolute Gasteiger partial charge is 0.349 e. The predicted molar refractivity (Wildman–Crippen MR) is 118 cm³/mol. The maximum absolute atomic E-state index is 14.2. The number of anilines is 1. The number of hydrogen-bond acceptors (Lipinski definition) is 3. The number of rotatable bonds is 7. The van der Waals surface area contributed by atoms with Gasteiger partial charge in [0.15, 0.2) is 0 Å². The van der Waals surface area contributed by atoms with Gasteiger partial charge >= 0.3 is 6.18 Å². The Balaban J connectivity index is 1.62. The van der Waals surface area contributed by atoms with E-state index in [-0.39, 0.29) is 29.0 Å². The van der Waals surface area contributed by atoms with Crippen LogP contribution in [0.1, 0.15) is 55.8 Å². The largest absolute Gasteiger partial charge is 0.397 e.